The lowest BCUT2D eigenvalue weighted by molar-refractivity contribution is -0.141. The van der Waals surface area contributed by atoms with Gasteiger partial charge in [0.05, 0.1) is 5.02 Å². The van der Waals surface area contributed by atoms with Crippen molar-refractivity contribution in [1.29, 1.82) is 0 Å². The summed E-state index contributed by atoms with van der Waals surface area (Å²) in [5.74, 6) is 0. The fourth-order valence-corrected chi connectivity index (χ4v) is 1.21. The van der Waals surface area contributed by atoms with E-state index in [1.54, 1.807) is 0 Å². The fraction of sp³-hybridized carbons (Fsp3) is 0.571. The van der Waals surface area contributed by atoms with Crippen LogP contribution in [0.5, 0.6) is 0 Å². The van der Waals surface area contributed by atoms with Gasteiger partial charge in [0, 0.05) is 12.7 Å². The summed E-state index contributed by atoms with van der Waals surface area (Å²) < 4.78 is 37.7. The van der Waals surface area contributed by atoms with Crippen LogP contribution in [0.1, 0.15) is 12.1 Å². The fourth-order valence-electron chi connectivity index (χ4n) is 0.957. The summed E-state index contributed by atoms with van der Waals surface area (Å²) in [6.45, 7) is 0.741. The average Bonchev–Trinajstić information content (AvgIpc) is 2.42. The van der Waals surface area contributed by atoms with Crippen LogP contribution in [0.4, 0.5) is 13.2 Å². The van der Waals surface area contributed by atoms with Gasteiger partial charge >= 0.3 is 6.18 Å². The van der Waals surface area contributed by atoms with Crippen molar-refractivity contribution >= 4 is 11.6 Å². The molecule has 0 aliphatic heterocycles. The van der Waals surface area contributed by atoms with Crippen LogP contribution < -0.4 is 5.73 Å². The topological polar surface area (TPSA) is 43.8 Å². The van der Waals surface area contributed by atoms with Crippen molar-refractivity contribution in [1.82, 2.24) is 9.78 Å². The van der Waals surface area contributed by atoms with Crippen LogP contribution in [0, 0.1) is 0 Å². The molecule has 80 valence electrons. The Labute approximate surface area is 83.6 Å². The van der Waals surface area contributed by atoms with E-state index in [-0.39, 0.29) is 5.02 Å². The first-order valence-electron chi connectivity index (χ1n) is 3.95. The van der Waals surface area contributed by atoms with Gasteiger partial charge in [-0.1, -0.05) is 11.6 Å². The molecule has 0 radical (unpaired) electrons. The smallest absolute Gasteiger partial charge is 0.330 e. The highest BCUT2D eigenvalue weighted by molar-refractivity contribution is 6.31. The number of alkyl halides is 3. The van der Waals surface area contributed by atoms with Gasteiger partial charge in [0.2, 0.25) is 0 Å². The second-order valence-corrected chi connectivity index (χ2v) is 3.14. The summed E-state index contributed by atoms with van der Waals surface area (Å²) in [5, 5.41) is 2.94. The normalized spacial score (nSPS) is 12.1. The second kappa shape index (κ2) is 4.18. The first-order valence-corrected chi connectivity index (χ1v) is 4.33. The molecule has 0 aliphatic carbocycles. The maximum atomic E-state index is 12.2. The van der Waals surface area contributed by atoms with Gasteiger partial charge < -0.3 is 5.73 Å². The Hall–Kier alpha value is -0.750. The number of aromatic nitrogens is 2. The number of nitrogens with zero attached hydrogens (tertiary/aromatic N) is 2. The third-order valence-electron chi connectivity index (χ3n) is 1.58. The van der Waals surface area contributed by atoms with Crippen LogP contribution in [0.15, 0.2) is 6.20 Å². The van der Waals surface area contributed by atoms with E-state index in [2.05, 4.69) is 5.10 Å². The molecule has 0 fully saturated rings. The van der Waals surface area contributed by atoms with Crippen molar-refractivity contribution in [2.75, 3.05) is 6.54 Å². The third kappa shape index (κ3) is 2.62. The Kier molecular flexibility index (Phi) is 3.38. The van der Waals surface area contributed by atoms with E-state index in [1.165, 1.54) is 0 Å². The zero-order chi connectivity index (χ0) is 10.8. The van der Waals surface area contributed by atoms with E-state index in [4.69, 9.17) is 17.3 Å². The van der Waals surface area contributed by atoms with Crippen LogP contribution >= 0.6 is 11.6 Å². The molecule has 1 aromatic rings. The lowest BCUT2D eigenvalue weighted by Gasteiger charge is -2.02. The molecular weight excluding hydrogens is 219 g/mol. The monoisotopic (exact) mass is 227 g/mol. The molecule has 0 aromatic carbocycles. The molecule has 14 heavy (non-hydrogen) atoms. The summed E-state index contributed by atoms with van der Waals surface area (Å²) in [4.78, 5) is 0. The first-order chi connectivity index (χ1) is 6.45. The van der Waals surface area contributed by atoms with Crippen molar-refractivity contribution in [2.24, 2.45) is 5.73 Å². The predicted molar refractivity (Wildman–Crippen MR) is 45.9 cm³/mol. The van der Waals surface area contributed by atoms with E-state index in [0.29, 0.717) is 19.5 Å². The zero-order valence-electron chi connectivity index (χ0n) is 7.18. The number of nitrogens with two attached hydrogens (primary N) is 1. The molecule has 0 atom stereocenters. The average molecular weight is 228 g/mol. The van der Waals surface area contributed by atoms with E-state index in [0.717, 1.165) is 10.9 Å². The number of aryl methyl sites for hydroxylation is 1. The minimum absolute atomic E-state index is 0.340. The van der Waals surface area contributed by atoms with Crippen molar-refractivity contribution in [3.8, 4) is 0 Å². The number of rotatable bonds is 3. The van der Waals surface area contributed by atoms with Gasteiger partial charge in [-0.3, -0.25) is 4.68 Å². The Morgan fingerprint density at radius 1 is 1.50 bits per heavy atom. The minimum Gasteiger partial charge on any atom is -0.330 e. The standard InChI is InChI=1S/C7H9ClF3N3/c8-5-4-14(3-1-2-12)13-6(5)7(9,10)11/h4H,1-3,12H2. The molecule has 3 nitrogen and oxygen atoms in total. The van der Waals surface area contributed by atoms with Crippen LogP contribution in [0.3, 0.4) is 0 Å². The van der Waals surface area contributed by atoms with E-state index in [1.807, 2.05) is 0 Å². The second-order valence-electron chi connectivity index (χ2n) is 2.73. The molecule has 1 heterocycles. The first kappa shape index (κ1) is 11.3. The highest BCUT2D eigenvalue weighted by Gasteiger charge is 2.36. The molecule has 0 unspecified atom stereocenters. The van der Waals surface area contributed by atoms with Gasteiger partial charge in [0.15, 0.2) is 5.69 Å². The van der Waals surface area contributed by atoms with E-state index >= 15 is 0 Å². The molecular formula is C7H9ClF3N3. The Morgan fingerprint density at radius 3 is 2.57 bits per heavy atom. The molecule has 7 heteroatoms. The molecule has 0 amide bonds. The molecule has 0 saturated heterocycles. The summed E-state index contributed by atoms with van der Waals surface area (Å²) in [6, 6.07) is 0. The van der Waals surface area contributed by atoms with Crippen LogP contribution in [0.2, 0.25) is 5.02 Å². The molecule has 0 bridgehead atoms. The number of hydrogen-bond donors (Lipinski definition) is 1. The van der Waals surface area contributed by atoms with E-state index < -0.39 is 11.9 Å². The molecule has 1 aromatic heterocycles. The van der Waals surface area contributed by atoms with Crippen LogP contribution in [0.25, 0.3) is 0 Å². The quantitative estimate of drug-likeness (QED) is 0.857. The third-order valence-corrected chi connectivity index (χ3v) is 1.85. The van der Waals surface area contributed by atoms with Gasteiger partial charge in [-0.15, -0.1) is 0 Å². The Bertz CT molecular complexity index is 308. The minimum atomic E-state index is -4.49. The molecule has 0 spiro atoms. The van der Waals surface area contributed by atoms with Crippen molar-refractivity contribution < 1.29 is 13.2 Å². The molecule has 0 aliphatic rings. The van der Waals surface area contributed by atoms with E-state index in [9.17, 15) is 13.2 Å². The molecule has 0 saturated carbocycles. The summed E-state index contributed by atoms with van der Waals surface area (Å²) >= 11 is 5.37. The molecule has 1 rings (SSSR count). The highest BCUT2D eigenvalue weighted by Crippen LogP contribution is 2.32. The number of halogens is 4. The van der Waals surface area contributed by atoms with Crippen LogP contribution in [-0.2, 0) is 12.7 Å². The predicted octanol–water partition coefficient (Wildman–Crippen LogP) is 1.90. The summed E-state index contributed by atoms with van der Waals surface area (Å²) in [6.07, 6.45) is -2.78. The maximum absolute atomic E-state index is 12.2. The SMILES string of the molecule is NCCCn1cc(Cl)c(C(F)(F)F)n1. The van der Waals surface area contributed by atoms with Gasteiger partial charge in [0.25, 0.3) is 0 Å². The summed E-state index contributed by atoms with van der Waals surface area (Å²) in [5.41, 5.74) is 4.17. The van der Waals surface area contributed by atoms with Gasteiger partial charge in [-0.2, -0.15) is 18.3 Å². The van der Waals surface area contributed by atoms with Crippen molar-refractivity contribution in [2.45, 2.75) is 19.1 Å². The Balaban J connectivity index is 2.83. The lowest BCUT2D eigenvalue weighted by Crippen LogP contribution is -2.10. The van der Waals surface area contributed by atoms with Crippen molar-refractivity contribution in [3.63, 3.8) is 0 Å². The van der Waals surface area contributed by atoms with Gasteiger partial charge in [-0.25, -0.2) is 0 Å². The Morgan fingerprint density at radius 2 is 2.14 bits per heavy atom. The van der Waals surface area contributed by atoms with Crippen LogP contribution in [-0.4, -0.2) is 16.3 Å². The summed E-state index contributed by atoms with van der Waals surface area (Å²) in [7, 11) is 0. The molecule has 2 N–H and O–H groups in total. The highest BCUT2D eigenvalue weighted by atomic mass is 35.5. The van der Waals surface area contributed by atoms with Gasteiger partial charge in [0.1, 0.15) is 0 Å². The van der Waals surface area contributed by atoms with Crippen molar-refractivity contribution in [3.05, 3.63) is 16.9 Å². The largest absolute Gasteiger partial charge is 0.436 e. The maximum Gasteiger partial charge on any atom is 0.436 e. The zero-order valence-corrected chi connectivity index (χ0v) is 7.94. The number of hydrogen-bond acceptors (Lipinski definition) is 2. The van der Waals surface area contributed by atoms with Gasteiger partial charge in [-0.05, 0) is 13.0 Å². The lowest BCUT2D eigenvalue weighted by atomic mass is 10.4.